The molecule has 4 nitrogen and oxygen atoms in total. The largest absolute Gasteiger partial charge is 0.459 e. The monoisotopic (exact) mass is 294 g/mol. The van der Waals surface area contributed by atoms with E-state index in [1.165, 1.54) is 0 Å². The molecule has 20 heavy (non-hydrogen) atoms. The van der Waals surface area contributed by atoms with Crippen molar-refractivity contribution in [1.82, 2.24) is 4.90 Å². The van der Waals surface area contributed by atoms with Gasteiger partial charge in [-0.3, -0.25) is 9.69 Å². The van der Waals surface area contributed by atoms with Crippen LogP contribution < -0.4 is 0 Å². The number of carbonyl (C=O) groups is 1. The van der Waals surface area contributed by atoms with Crippen molar-refractivity contribution in [2.75, 3.05) is 13.6 Å². The van der Waals surface area contributed by atoms with Gasteiger partial charge in [0.2, 0.25) is 0 Å². The van der Waals surface area contributed by atoms with Crippen molar-refractivity contribution in [2.45, 2.75) is 32.9 Å². The van der Waals surface area contributed by atoms with Crippen LogP contribution in [-0.4, -0.2) is 30.1 Å². The molecule has 1 rings (SSSR count). The molecule has 0 atom stereocenters. The predicted octanol–water partition coefficient (Wildman–Crippen LogP) is 2.99. The summed E-state index contributed by atoms with van der Waals surface area (Å²) in [5.41, 5.74) is 0.912. The molecule has 0 saturated carbocycles. The first-order chi connectivity index (χ1) is 9.21. The van der Waals surface area contributed by atoms with Gasteiger partial charge in [0.1, 0.15) is 5.60 Å². The molecule has 0 N–H and O–H groups in total. The van der Waals surface area contributed by atoms with E-state index in [0.717, 1.165) is 5.56 Å². The third kappa shape index (κ3) is 5.60. The zero-order chi connectivity index (χ0) is 15.3. The highest BCUT2D eigenvalue weighted by atomic mass is 35.5. The van der Waals surface area contributed by atoms with Crippen LogP contribution in [0.5, 0.6) is 0 Å². The highest BCUT2D eigenvalue weighted by Crippen LogP contribution is 2.19. The smallest absolute Gasteiger partial charge is 0.320 e. The van der Waals surface area contributed by atoms with E-state index >= 15 is 0 Å². The van der Waals surface area contributed by atoms with Crippen molar-refractivity contribution in [2.24, 2.45) is 0 Å². The van der Waals surface area contributed by atoms with Gasteiger partial charge >= 0.3 is 5.97 Å². The summed E-state index contributed by atoms with van der Waals surface area (Å²) in [4.78, 5) is 13.5. The first-order valence-corrected chi connectivity index (χ1v) is 6.68. The van der Waals surface area contributed by atoms with Gasteiger partial charge < -0.3 is 4.74 Å². The molecule has 0 radical (unpaired) electrons. The molecular formula is C15H19ClN2O2. The number of esters is 1. The Morgan fingerprint density at radius 2 is 2.10 bits per heavy atom. The second kappa shape index (κ2) is 6.74. The fraction of sp³-hybridized carbons (Fsp3) is 0.467. The van der Waals surface area contributed by atoms with Crippen LogP contribution in [0.25, 0.3) is 0 Å². The standard InChI is InChI=1S/C15H19ClN2O2/c1-15(2,3)20-14(19)10-18(4)9-12-6-5-11(8-17)7-13(12)16/h5-7H,9-10H2,1-4H3. The molecular weight excluding hydrogens is 276 g/mol. The minimum Gasteiger partial charge on any atom is -0.459 e. The Balaban J connectivity index is 2.61. The quantitative estimate of drug-likeness (QED) is 0.801. The number of benzene rings is 1. The van der Waals surface area contributed by atoms with Crippen molar-refractivity contribution in [3.8, 4) is 6.07 Å². The Morgan fingerprint density at radius 1 is 1.45 bits per heavy atom. The van der Waals surface area contributed by atoms with Gasteiger partial charge in [0.15, 0.2) is 0 Å². The lowest BCUT2D eigenvalue weighted by Gasteiger charge is -2.22. The van der Waals surface area contributed by atoms with Crippen LogP contribution in [0, 0.1) is 11.3 Å². The molecule has 0 fully saturated rings. The van der Waals surface area contributed by atoms with E-state index in [2.05, 4.69) is 0 Å². The Labute approximate surface area is 124 Å². The summed E-state index contributed by atoms with van der Waals surface area (Å²) in [6.45, 7) is 6.21. The van der Waals surface area contributed by atoms with Crippen LogP contribution in [-0.2, 0) is 16.1 Å². The molecule has 0 unspecified atom stereocenters. The van der Waals surface area contributed by atoms with Crippen LogP contribution in [0.4, 0.5) is 0 Å². The molecule has 0 amide bonds. The Morgan fingerprint density at radius 3 is 2.60 bits per heavy atom. The van der Waals surface area contributed by atoms with Crippen LogP contribution >= 0.6 is 11.6 Å². The minimum atomic E-state index is -0.482. The molecule has 0 aliphatic carbocycles. The van der Waals surface area contributed by atoms with E-state index in [0.29, 0.717) is 17.1 Å². The first kappa shape index (κ1) is 16.5. The minimum absolute atomic E-state index is 0.188. The number of nitriles is 1. The maximum absolute atomic E-state index is 11.7. The zero-order valence-corrected chi connectivity index (χ0v) is 13.0. The Bertz CT molecular complexity index is 530. The van der Waals surface area contributed by atoms with E-state index in [1.807, 2.05) is 38.8 Å². The Hall–Kier alpha value is -1.57. The number of hydrogen-bond acceptors (Lipinski definition) is 4. The zero-order valence-electron chi connectivity index (χ0n) is 12.2. The number of carbonyl (C=O) groups excluding carboxylic acids is 1. The van der Waals surface area contributed by atoms with Gasteiger partial charge in [-0.25, -0.2) is 0 Å². The number of hydrogen-bond donors (Lipinski definition) is 0. The van der Waals surface area contributed by atoms with Crippen molar-refractivity contribution >= 4 is 17.6 Å². The third-order valence-electron chi connectivity index (χ3n) is 2.44. The molecule has 0 bridgehead atoms. The highest BCUT2D eigenvalue weighted by molar-refractivity contribution is 6.31. The number of rotatable bonds is 4. The van der Waals surface area contributed by atoms with Gasteiger partial charge in [-0.2, -0.15) is 5.26 Å². The average Bonchev–Trinajstić information content (AvgIpc) is 2.28. The molecule has 108 valence electrons. The lowest BCUT2D eigenvalue weighted by Crippen LogP contribution is -2.32. The summed E-state index contributed by atoms with van der Waals surface area (Å²) in [7, 11) is 1.82. The van der Waals surface area contributed by atoms with Crippen LogP contribution in [0.3, 0.4) is 0 Å². The molecule has 1 aromatic rings. The highest BCUT2D eigenvalue weighted by Gasteiger charge is 2.18. The van der Waals surface area contributed by atoms with E-state index in [-0.39, 0.29) is 12.5 Å². The summed E-state index contributed by atoms with van der Waals surface area (Å²) >= 11 is 6.10. The van der Waals surface area contributed by atoms with Crippen LogP contribution in [0.1, 0.15) is 31.9 Å². The fourth-order valence-corrected chi connectivity index (χ4v) is 1.93. The van der Waals surface area contributed by atoms with E-state index < -0.39 is 5.60 Å². The molecule has 0 aliphatic rings. The summed E-state index contributed by atoms with van der Waals surface area (Å²) in [6, 6.07) is 7.17. The van der Waals surface area contributed by atoms with Crippen molar-refractivity contribution in [3.05, 3.63) is 34.3 Å². The molecule has 0 spiro atoms. The van der Waals surface area contributed by atoms with Gasteiger partial charge in [0.25, 0.3) is 0 Å². The number of halogens is 1. The molecule has 0 aliphatic heterocycles. The summed E-state index contributed by atoms with van der Waals surface area (Å²) in [5.74, 6) is -0.273. The van der Waals surface area contributed by atoms with Crippen molar-refractivity contribution < 1.29 is 9.53 Å². The van der Waals surface area contributed by atoms with Crippen molar-refractivity contribution in [3.63, 3.8) is 0 Å². The van der Waals surface area contributed by atoms with Gasteiger partial charge in [0, 0.05) is 11.6 Å². The molecule has 0 saturated heterocycles. The summed E-state index contributed by atoms with van der Waals surface area (Å²) in [5, 5.41) is 9.31. The number of ether oxygens (including phenoxy) is 1. The maximum Gasteiger partial charge on any atom is 0.320 e. The van der Waals surface area contributed by atoms with Gasteiger partial charge in [-0.15, -0.1) is 0 Å². The van der Waals surface area contributed by atoms with E-state index in [4.69, 9.17) is 21.6 Å². The maximum atomic E-state index is 11.7. The number of likely N-dealkylation sites (N-methyl/N-ethyl adjacent to an activating group) is 1. The Kier molecular flexibility index (Phi) is 5.55. The summed E-state index contributed by atoms with van der Waals surface area (Å²) < 4.78 is 5.26. The second-order valence-corrected chi connectivity index (χ2v) is 6.08. The second-order valence-electron chi connectivity index (χ2n) is 5.68. The summed E-state index contributed by atoms with van der Waals surface area (Å²) in [6.07, 6.45) is 0. The third-order valence-corrected chi connectivity index (χ3v) is 2.79. The fourth-order valence-electron chi connectivity index (χ4n) is 1.69. The van der Waals surface area contributed by atoms with Crippen LogP contribution in [0.2, 0.25) is 5.02 Å². The lowest BCUT2D eigenvalue weighted by molar-refractivity contribution is -0.155. The van der Waals surface area contributed by atoms with Gasteiger partial charge in [-0.1, -0.05) is 17.7 Å². The van der Waals surface area contributed by atoms with Crippen LogP contribution in [0.15, 0.2) is 18.2 Å². The predicted molar refractivity (Wildman–Crippen MR) is 78.3 cm³/mol. The molecule has 0 aromatic heterocycles. The average molecular weight is 295 g/mol. The topological polar surface area (TPSA) is 53.3 Å². The lowest BCUT2D eigenvalue weighted by atomic mass is 10.1. The van der Waals surface area contributed by atoms with E-state index in [1.54, 1.807) is 18.2 Å². The SMILES string of the molecule is CN(CC(=O)OC(C)(C)C)Cc1ccc(C#N)cc1Cl. The van der Waals surface area contributed by atoms with Crippen molar-refractivity contribution in [1.29, 1.82) is 5.26 Å². The molecule has 1 aromatic carbocycles. The normalized spacial score (nSPS) is 11.2. The number of nitrogens with zero attached hydrogens (tertiary/aromatic N) is 2. The van der Waals surface area contributed by atoms with Gasteiger partial charge in [0.05, 0.1) is 18.2 Å². The first-order valence-electron chi connectivity index (χ1n) is 6.30. The van der Waals surface area contributed by atoms with Gasteiger partial charge in [-0.05, 0) is 45.5 Å². The molecule has 0 heterocycles. The molecule has 5 heteroatoms. The van der Waals surface area contributed by atoms with E-state index in [9.17, 15) is 4.79 Å².